The summed E-state index contributed by atoms with van der Waals surface area (Å²) in [6, 6.07) is 7.20. The topological polar surface area (TPSA) is 103 Å². The quantitative estimate of drug-likeness (QED) is 0.556. The molecule has 130 valence electrons. The Labute approximate surface area is 142 Å². The molecule has 6 heteroatoms. The number of aromatic nitrogens is 1. The van der Waals surface area contributed by atoms with Crippen molar-refractivity contribution in [2.24, 2.45) is 5.73 Å². The molecule has 0 fully saturated rings. The van der Waals surface area contributed by atoms with E-state index in [9.17, 15) is 4.79 Å². The molecule has 1 heterocycles. The number of pyridine rings is 1. The molecule has 0 aliphatic heterocycles. The van der Waals surface area contributed by atoms with E-state index in [2.05, 4.69) is 10.3 Å². The molecule has 0 aliphatic rings. The lowest BCUT2D eigenvalue weighted by Gasteiger charge is -2.22. The van der Waals surface area contributed by atoms with Crippen LogP contribution < -0.4 is 16.8 Å². The lowest BCUT2D eigenvalue weighted by molar-refractivity contribution is -0.156. The number of hydrogen-bond donors (Lipinski definition) is 3. The number of carbonyl (C=O) groups is 1. The predicted octanol–water partition coefficient (Wildman–Crippen LogP) is 2.68. The van der Waals surface area contributed by atoms with Crippen LogP contribution in [0.15, 0.2) is 30.5 Å². The molecule has 2 aromatic rings. The lowest BCUT2D eigenvalue weighted by Crippen LogP contribution is -2.37. The van der Waals surface area contributed by atoms with Crippen molar-refractivity contribution < 1.29 is 9.53 Å². The van der Waals surface area contributed by atoms with E-state index in [1.165, 1.54) is 0 Å². The zero-order valence-electron chi connectivity index (χ0n) is 14.5. The lowest BCUT2D eigenvalue weighted by atomic mass is 10.1. The number of rotatable bonds is 6. The van der Waals surface area contributed by atoms with Gasteiger partial charge in [0.05, 0.1) is 23.1 Å². The van der Waals surface area contributed by atoms with Crippen molar-refractivity contribution >= 4 is 28.2 Å². The summed E-state index contributed by atoms with van der Waals surface area (Å²) in [5.41, 5.74) is 13.8. The first-order valence-electron chi connectivity index (χ1n) is 8.13. The summed E-state index contributed by atoms with van der Waals surface area (Å²) < 4.78 is 5.28. The molecular formula is C18H26N4O2. The van der Waals surface area contributed by atoms with Gasteiger partial charge in [-0.05, 0) is 39.7 Å². The molecular weight excluding hydrogens is 304 g/mol. The van der Waals surface area contributed by atoms with Gasteiger partial charge in [0.2, 0.25) is 0 Å². The minimum Gasteiger partial charge on any atom is -0.459 e. The van der Waals surface area contributed by atoms with Crippen molar-refractivity contribution in [2.75, 3.05) is 17.6 Å². The molecule has 0 spiro atoms. The molecule has 0 aliphatic carbocycles. The Morgan fingerprint density at radius 3 is 2.75 bits per heavy atom. The zero-order chi connectivity index (χ0) is 17.7. The van der Waals surface area contributed by atoms with Gasteiger partial charge in [0.1, 0.15) is 11.6 Å². The fourth-order valence-corrected chi connectivity index (χ4v) is 2.38. The van der Waals surface area contributed by atoms with Crippen LogP contribution in [0.4, 0.5) is 11.4 Å². The Morgan fingerprint density at radius 2 is 2.04 bits per heavy atom. The van der Waals surface area contributed by atoms with E-state index in [-0.39, 0.29) is 5.97 Å². The van der Waals surface area contributed by atoms with Crippen LogP contribution in [0, 0.1) is 0 Å². The molecule has 0 radical (unpaired) electrons. The normalized spacial score (nSPS) is 12.8. The van der Waals surface area contributed by atoms with Crippen LogP contribution in [-0.2, 0) is 9.53 Å². The molecule has 0 saturated heterocycles. The van der Waals surface area contributed by atoms with Crippen LogP contribution in [0.25, 0.3) is 10.9 Å². The van der Waals surface area contributed by atoms with E-state index in [1.807, 2.05) is 45.0 Å². The summed E-state index contributed by atoms with van der Waals surface area (Å²) in [6.45, 7) is 6.15. The molecule has 24 heavy (non-hydrogen) atoms. The van der Waals surface area contributed by atoms with Crippen molar-refractivity contribution in [3.63, 3.8) is 0 Å². The van der Waals surface area contributed by atoms with E-state index >= 15 is 0 Å². The maximum Gasteiger partial charge on any atom is 0.323 e. The average Bonchev–Trinajstić information content (AvgIpc) is 2.51. The second-order valence-electron chi connectivity index (χ2n) is 6.81. The first-order chi connectivity index (χ1) is 11.3. The number of fused-ring (bicyclic) bond motifs is 1. The van der Waals surface area contributed by atoms with Crippen LogP contribution >= 0.6 is 0 Å². The number of nitrogens with two attached hydrogens (primary N) is 2. The summed E-state index contributed by atoms with van der Waals surface area (Å²) in [4.78, 5) is 16.2. The highest BCUT2D eigenvalue weighted by atomic mass is 16.6. The number of nitrogen functional groups attached to an aromatic ring is 1. The average molecular weight is 330 g/mol. The number of para-hydroxylation sites is 1. The third-order valence-corrected chi connectivity index (χ3v) is 3.51. The van der Waals surface area contributed by atoms with Gasteiger partial charge in [-0.25, -0.2) is 0 Å². The number of carbonyl (C=O) groups excluding carboxylic acids is 1. The number of anilines is 2. The van der Waals surface area contributed by atoms with Gasteiger partial charge in [-0.15, -0.1) is 0 Å². The molecule has 1 aromatic carbocycles. The van der Waals surface area contributed by atoms with Gasteiger partial charge >= 0.3 is 5.97 Å². The molecule has 0 saturated carbocycles. The maximum atomic E-state index is 11.9. The number of benzene rings is 1. The first-order valence-corrected chi connectivity index (χ1v) is 8.13. The Morgan fingerprint density at radius 1 is 1.33 bits per heavy atom. The molecule has 5 N–H and O–H groups in total. The Balaban J connectivity index is 1.89. The first kappa shape index (κ1) is 18.0. The van der Waals surface area contributed by atoms with Gasteiger partial charge in [-0.1, -0.05) is 18.2 Å². The zero-order valence-corrected chi connectivity index (χ0v) is 14.5. The van der Waals surface area contributed by atoms with Crippen LogP contribution in [0.5, 0.6) is 0 Å². The standard InChI is InChI=1S/C18H26N4O2/c1-18(2,3)24-17(23)13(19)8-6-10-21-16-12-7-4-5-9-15(12)22-11-14(16)20/h4-5,7,9,11,13H,6,8,10,19-20H2,1-3H3,(H,21,22). The van der Waals surface area contributed by atoms with E-state index in [4.69, 9.17) is 16.2 Å². The van der Waals surface area contributed by atoms with Gasteiger partial charge in [0.15, 0.2) is 0 Å². The second-order valence-corrected chi connectivity index (χ2v) is 6.81. The Kier molecular flexibility index (Phi) is 5.62. The number of nitrogens with zero attached hydrogens (tertiary/aromatic N) is 1. The Bertz CT molecular complexity index is 710. The van der Waals surface area contributed by atoms with E-state index < -0.39 is 11.6 Å². The molecule has 0 amide bonds. The molecule has 1 aromatic heterocycles. The van der Waals surface area contributed by atoms with Crippen LogP contribution in [-0.4, -0.2) is 29.1 Å². The monoisotopic (exact) mass is 330 g/mol. The van der Waals surface area contributed by atoms with Crippen LogP contribution in [0.2, 0.25) is 0 Å². The summed E-state index contributed by atoms with van der Waals surface area (Å²) in [5, 5.41) is 4.31. The number of esters is 1. The molecule has 1 unspecified atom stereocenters. The highest BCUT2D eigenvalue weighted by Gasteiger charge is 2.21. The largest absolute Gasteiger partial charge is 0.459 e. The number of nitrogens with one attached hydrogen (secondary N) is 1. The van der Waals surface area contributed by atoms with E-state index in [0.717, 1.165) is 23.0 Å². The van der Waals surface area contributed by atoms with Crippen molar-refractivity contribution in [3.05, 3.63) is 30.5 Å². The van der Waals surface area contributed by atoms with Gasteiger partial charge in [-0.2, -0.15) is 0 Å². The Hall–Kier alpha value is -2.34. The van der Waals surface area contributed by atoms with Gasteiger partial charge in [0.25, 0.3) is 0 Å². The van der Waals surface area contributed by atoms with Gasteiger partial charge in [0, 0.05) is 11.9 Å². The van der Waals surface area contributed by atoms with E-state index in [0.29, 0.717) is 18.7 Å². The molecule has 2 rings (SSSR count). The van der Waals surface area contributed by atoms with E-state index in [1.54, 1.807) is 6.20 Å². The fraction of sp³-hybridized carbons (Fsp3) is 0.444. The van der Waals surface area contributed by atoms with Gasteiger partial charge < -0.3 is 21.5 Å². The fourth-order valence-electron chi connectivity index (χ4n) is 2.38. The molecule has 0 bridgehead atoms. The van der Waals surface area contributed by atoms with Crippen molar-refractivity contribution in [2.45, 2.75) is 45.3 Å². The second kappa shape index (κ2) is 7.49. The van der Waals surface area contributed by atoms with Crippen molar-refractivity contribution in [3.8, 4) is 0 Å². The SMILES string of the molecule is CC(C)(C)OC(=O)C(N)CCCNc1c(N)cnc2ccccc12. The summed E-state index contributed by atoms with van der Waals surface area (Å²) in [7, 11) is 0. The number of ether oxygens (including phenoxy) is 1. The third-order valence-electron chi connectivity index (χ3n) is 3.51. The van der Waals surface area contributed by atoms with Crippen LogP contribution in [0.1, 0.15) is 33.6 Å². The maximum absolute atomic E-state index is 11.9. The highest BCUT2D eigenvalue weighted by Crippen LogP contribution is 2.27. The summed E-state index contributed by atoms with van der Waals surface area (Å²) in [6.07, 6.45) is 2.93. The highest BCUT2D eigenvalue weighted by molar-refractivity contribution is 5.96. The third kappa shape index (κ3) is 4.83. The minimum absolute atomic E-state index is 0.364. The summed E-state index contributed by atoms with van der Waals surface area (Å²) in [5.74, 6) is -0.364. The minimum atomic E-state index is -0.613. The van der Waals surface area contributed by atoms with Crippen molar-refractivity contribution in [1.82, 2.24) is 4.98 Å². The summed E-state index contributed by atoms with van der Waals surface area (Å²) >= 11 is 0. The smallest absolute Gasteiger partial charge is 0.323 e. The van der Waals surface area contributed by atoms with Crippen molar-refractivity contribution in [1.29, 1.82) is 0 Å². The molecule has 6 nitrogen and oxygen atoms in total. The number of hydrogen-bond acceptors (Lipinski definition) is 6. The van der Waals surface area contributed by atoms with Crippen LogP contribution in [0.3, 0.4) is 0 Å². The van der Waals surface area contributed by atoms with Gasteiger partial charge in [-0.3, -0.25) is 9.78 Å². The predicted molar refractivity (Wildman–Crippen MR) is 97.7 cm³/mol. The molecule has 1 atom stereocenters.